The molecule has 32 heteroatoms. The zero-order valence-electron chi connectivity index (χ0n) is 66.1. The second kappa shape index (κ2) is 44.4. The van der Waals surface area contributed by atoms with Crippen molar-refractivity contribution in [3.05, 3.63) is 166 Å². The summed E-state index contributed by atoms with van der Waals surface area (Å²) >= 11 is 8.41. The maximum absolute atomic E-state index is 14.7. The molecule has 0 atom stereocenters. The van der Waals surface area contributed by atoms with Crippen molar-refractivity contribution in [3.8, 4) is 39.5 Å². The van der Waals surface area contributed by atoms with Gasteiger partial charge in [-0.05, 0) is 201 Å². The third-order valence-electron chi connectivity index (χ3n) is 19.6. The van der Waals surface area contributed by atoms with Gasteiger partial charge in [-0.2, -0.15) is 10.2 Å². The van der Waals surface area contributed by atoms with Gasteiger partial charge in [0.15, 0.2) is 52.2 Å². The van der Waals surface area contributed by atoms with Gasteiger partial charge in [-0.25, -0.2) is 56.2 Å². The molecule has 13 rings (SSSR count). The number of halogens is 9. The predicted molar refractivity (Wildman–Crippen MR) is 425 cm³/mol. The van der Waals surface area contributed by atoms with E-state index in [-0.39, 0.29) is 132 Å². The molecule has 0 unspecified atom stereocenters. The Kier molecular flexibility index (Phi) is 36.7. The van der Waals surface area contributed by atoms with E-state index in [9.17, 15) is 26.3 Å². The molecule has 1 N–H and O–H groups in total. The first kappa shape index (κ1) is 90.9. The van der Waals surface area contributed by atoms with E-state index in [0.29, 0.717) is 39.9 Å². The van der Waals surface area contributed by atoms with Gasteiger partial charge in [-0.3, -0.25) is 14.8 Å². The van der Waals surface area contributed by atoms with Crippen molar-refractivity contribution < 1.29 is 103 Å². The molecule has 5 aliphatic heterocycles. The number of alkyl halides is 1. The molecule has 592 valence electrons. The third-order valence-corrected chi connectivity index (χ3v) is 20.3. The van der Waals surface area contributed by atoms with E-state index in [4.69, 9.17) is 35.1 Å². The summed E-state index contributed by atoms with van der Waals surface area (Å²) < 4.78 is 116. The summed E-state index contributed by atoms with van der Waals surface area (Å²) in [6, 6.07) is 7.57. The van der Waals surface area contributed by atoms with Crippen molar-refractivity contribution in [1.82, 2.24) is 59.7 Å². The number of aliphatic imine (C=N–C) groups is 1. The number of allylic oxidation sites excluding steroid dienone is 1. The molecule has 0 bridgehead atoms. The van der Waals surface area contributed by atoms with Crippen LogP contribution in [0.3, 0.4) is 0 Å². The van der Waals surface area contributed by atoms with Crippen LogP contribution in [0.5, 0.6) is 17.2 Å². The van der Waals surface area contributed by atoms with Crippen LogP contribution in [0, 0.1) is 52.7 Å². The average molecular weight is 1660 g/mol. The van der Waals surface area contributed by atoms with Crippen molar-refractivity contribution >= 4 is 71.1 Å². The number of ether oxygens (including phenoxy) is 3. The molecule has 5 aromatic heterocycles. The number of aryl methyl sites for hydroxylation is 3. The van der Waals surface area contributed by atoms with Gasteiger partial charge in [-0.15, -0.1) is 24.0 Å². The fraction of sp³-hybridized carbons (Fsp3) is 0.500. The monoisotopic (exact) mass is 1660 g/mol. The largest absolute Gasteiger partial charge is 1.00 e. The number of rotatable bonds is 23. The molecule has 0 aliphatic carbocycles. The topological polar surface area (TPSA) is 199 Å². The number of benzene rings is 3. The molecule has 10 heterocycles. The van der Waals surface area contributed by atoms with Crippen LogP contribution >= 0.6 is 39.9 Å². The molecule has 4 fully saturated rings. The number of piperidine rings is 3. The van der Waals surface area contributed by atoms with Crippen LogP contribution in [-0.2, 0) is 35.1 Å². The summed E-state index contributed by atoms with van der Waals surface area (Å²) in [7, 11) is 7.73. The first-order valence-corrected chi connectivity index (χ1v) is 38.3. The van der Waals surface area contributed by atoms with Crippen LogP contribution in [0.1, 0.15) is 105 Å². The molecule has 110 heavy (non-hydrogen) atoms. The summed E-state index contributed by atoms with van der Waals surface area (Å²) in [5.41, 5.74) is 6.03. The number of hydrogen-bond donors (Lipinski definition) is 1. The van der Waals surface area contributed by atoms with Crippen LogP contribution in [0.25, 0.3) is 22.3 Å². The Bertz CT molecular complexity index is 4080. The summed E-state index contributed by atoms with van der Waals surface area (Å²) in [5.74, 6) is -1.48. The zero-order valence-corrected chi connectivity index (χ0v) is 71.4. The van der Waals surface area contributed by atoms with Gasteiger partial charge in [0.05, 0.1) is 56.5 Å². The van der Waals surface area contributed by atoms with Crippen LogP contribution in [0.2, 0.25) is 0 Å². The van der Waals surface area contributed by atoms with Crippen LogP contribution < -0.4 is 80.3 Å². The van der Waals surface area contributed by atoms with Crippen LogP contribution in [0.4, 0.5) is 44.2 Å². The molecular formula is C78H103BBrCl2F6KN16O5. The third kappa shape index (κ3) is 26.7. The summed E-state index contributed by atoms with van der Waals surface area (Å²) in [6.07, 6.45) is 29.5. The van der Waals surface area contributed by atoms with Crippen molar-refractivity contribution in [2.45, 2.75) is 124 Å². The molecule has 5 aliphatic rings. The van der Waals surface area contributed by atoms with E-state index >= 15 is 0 Å². The van der Waals surface area contributed by atoms with Crippen molar-refractivity contribution in [1.29, 1.82) is 0 Å². The molecule has 21 nitrogen and oxygen atoms in total. The number of hydrogen-bond acceptors (Lipinski definition) is 19. The van der Waals surface area contributed by atoms with Gasteiger partial charge >= 0.3 is 58.5 Å². The maximum atomic E-state index is 14.7. The van der Waals surface area contributed by atoms with Gasteiger partial charge in [0, 0.05) is 130 Å². The Morgan fingerprint density at radius 1 is 0.545 bits per heavy atom. The zero-order chi connectivity index (χ0) is 77.5. The Morgan fingerprint density at radius 3 is 1.22 bits per heavy atom. The fourth-order valence-electron chi connectivity index (χ4n) is 12.0. The van der Waals surface area contributed by atoms with Crippen molar-refractivity contribution in [3.63, 3.8) is 0 Å². The number of anilines is 3. The Balaban J connectivity index is 0.000000230. The van der Waals surface area contributed by atoms with E-state index < -0.39 is 34.9 Å². The number of H-pyrrole nitrogens is 1. The number of nitrogens with one attached hydrogen (secondary N) is 1. The summed E-state index contributed by atoms with van der Waals surface area (Å²) in [6.45, 7) is 23.3. The second-order valence-corrected chi connectivity index (χ2v) is 30.1. The molecule has 4 saturated heterocycles. The van der Waals surface area contributed by atoms with E-state index in [1.807, 2.05) is 87.5 Å². The van der Waals surface area contributed by atoms with Gasteiger partial charge in [0.2, 0.25) is 17.8 Å². The average Bonchev–Trinajstić information content (AvgIpc) is 1.64. The van der Waals surface area contributed by atoms with E-state index in [2.05, 4.69) is 129 Å². The maximum Gasteiger partial charge on any atom is 1.00 e. The molecule has 0 saturated carbocycles. The molecule has 0 radical (unpaired) electrons. The minimum atomic E-state index is -0.706. The molecule has 3 aromatic carbocycles. The first-order chi connectivity index (χ1) is 51.8. The standard InChI is InChI=1S/C25H32F2N6O.C21H23F2N5O.C18H20BrF2N3O.C10H16BNO2.C4H10ClN.ClH.K.H/c1-4-18-13-28-25(29-14-18)32-7-5-19(6-8-32)17-34-24-22(26)11-20(12-23(24)27)21-15-30-33(16-21)10-9-31(2)3;1-2-14-9-24-21(25-10-14)28-5-3-15(4-6-28)13-29-20-18(22)7-16(8-19(20)23)17-11-26-27-12-17;1-2-12-9-22-18(23-10-12)24-5-3-13(4-6-24)11-25-17-15(20)7-14(19)8-16(17)21;1-9(2)10(3,4)14-11(13-9)8-5-6-12-7-8;1-6(2)4-3-5;;;/h11-16,19H,4-10,17H2,1-3H3;7-12,15H,2-6,13H2,1H3,(H,26,27);7-10,13H,2-6,11H2,1H3;5,7H,6H2,1-4H3;3-4H2,1-2H3;1H;;/q;;;;;;+1;-1. The molecule has 0 amide bonds. The van der Waals surface area contributed by atoms with Crippen LogP contribution in [0.15, 0.2) is 119 Å². The first-order valence-electron chi connectivity index (χ1n) is 36.9. The second-order valence-electron chi connectivity index (χ2n) is 28.8. The van der Waals surface area contributed by atoms with Gasteiger partial charge < -0.3 is 49.4 Å². The van der Waals surface area contributed by atoms with Crippen LogP contribution in [-0.4, -0.2) is 197 Å². The van der Waals surface area contributed by atoms with E-state index in [1.165, 1.54) is 42.6 Å². The number of aromatic amines is 1. The number of likely N-dealkylation sites (N-methyl/N-ethyl adjacent to an activating group) is 1. The van der Waals surface area contributed by atoms with Crippen molar-refractivity contribution in [2.24, 2.45) is 22.7 Å². The minimum absolute atomic E-state index is 0. The quantitative estimate of drug-likeness (QED) is 0.0360. The smallest absolute Gasteiger partial charge is 1.00 e. The van der Waals surface area contributed by atoms with E-state index in [1.54, 1.807) is 23.3 Å². The summed E-state index contributed by atoms with van der Waals surface area (Å²) in [5, 5.41) is 10.7. The van der Waals surface area contributed by atoms with Gasteiger partial charge in [0.25, 0.3) is 0 Å². The molecule has 0 spiro atoms. The summed E-state index contributed by atoms with van der Waals surface area (Å²) in [4.78, 5) is 41.2. The molecular weight excluding hydrogens is 1560 g/mol. The molecule has 8 aromatic rings. The normalized spacial score (nSPS) is 16.1. The fourth-order valence-corrected chi connectivity index (χ4v) is 12.7. The Morgan fingerprint density at radius 2 is 0.909 bits per heavy atom. The Labute approximate surface area is 707 Å². The van der Waals surface area contributed by atoms with Crippen molar-refractivity contribution in [2.75, 3.05) is 127 Å². The van der Waals surface area contributed by atoms with E-state index in [0.717, 1.165) is 163 Å². The van der Waals surface area contributed by atoms with Gasteiger partial charge in [0.1, 0.15) is 0 Å². The number of aromatic nitrogens is 10. The van der Waals surface area contributed by atoms with Gasteiger partial charge in [-0.1, -0.05) is 42.8 Å². The predicted octanol–water partition coefficient (Wildman–Crippen LogP) is 12.4. The number of nitrogens with zero attached hydrogens (tertiary/aromatic N) is 15. The minimum Gasteiger partial charge on any atom is -1.00 e. The SMILES string of the molecule is CC1(C)OB(C2=CCN=C2)OC1(C)C.CCc1cnc(N2CCC(COc3c(F)cc(-c4cn[nH]c4)cc3F)CC2)nc1.CCc1cnc(N2CCC(COc3c(F)cc(-c4cnn(CCN(C)C)c4)cc3F)CC2)nc1.CCc1cnc(N2CCC(COc3c(F)cc(Br)cc3F)CC2)nc1.CN(C)CCCl.Cl.[H-].[K+]. The Hall–Kier alpha value is -6.29.